The van der Waals surface area contributed by atoms with Crippen molar-refractivity contribution in [2.45, 2.75) is 12.5 Å². The van der Waals surface area contributed by atoms with E-state index in [4.69, 9.17) is 14.9 Å². The van der Waals surface area contributed by atoms with Gasteiger partial charge in [0.05, 0.1) is 0 Å². The fraction of sp³-hybridized carbons (Fsp3) is 0.250. The van der Waals surface area contributed by atoms with Gasteiger partial charge in [0.25, 0.3) is 0 Å². The predicted molar refractivity (Wildman–Crippen MR) is 70.8 cm³/mol. The van der Waals surface area contributed by atoms with Crippen molar-refractivity contribution in [2.75, 3.05) is 6.54 Å². The van der Waals surface area contributed by atoms with Crippen LogP contribution in [0.15, 0.2) is 42.2 Å². The number of carbonyl (C=O) groups is 1. The van der Waals surface area contributed by atoms with E-state index in [0.717, 1.165) is 11.4 Å². The lowest BCUT2D eigenvalue weighted by Crippen LogP contribution is -2.38. The molecule has 6 nitrogen and oxygen atoms in total. The van der Waals surface area contributed by atoms with Gasteiger partial charge in [-0.3, -0.25) is 9.36 Å². The molecule has 0 spiro atoms. The van der Waals surface area contributed by atoms with E-state index in [2.05, 4.69) is 5.32 Å². The summed E-state index contributed by atoms with van der Waals surface area (Å²) < 4.78 is 10.6. The van der Waals surface area contributed by atoms with E-state index < -0.39 is 19.6 Å². The Morgan fingerprint density at radius 3 is 2.47 bits per heavy atom. The second-order valence-corrected chi connectivity index (χ2v) is 5.44. The molecule has 4 N–H and O–H groups in total. The smallest absolute Gasteiger partial charge is 0.348 e. The van der Waals surface area contributed by atoms with Crippen LogP contribution in [-0.2, 0) is 15.8 Å². The van der Waals surface area contributed by atoms with Crippen LogP contribution in [0.5, 0.6) is 0 Å². The van der Waals surface area contributed by atoms with Crippen LogP contribution in [0.1, 0.15) is 5.56 Å². The van der Waals surface area contributed by atoms with Gasteiger partial charge in [0, 0.05) is 12.4 Å². The Bertz CT molecular complexity index is 482. The number of carboxylic acids is 1. The van der Waals surface area contributed by atoms with Crippen molar-refractivity contribution < 1.29 is 24.3 Å². The summed E-state index contributed by atoms with van der Waals surface area (Å²) in [6.45, 7) is 0.0783. The first-order valence-corrected chi connectivity index (χ1v) is 7.30. The topological polar surface area (TPSA) is 107 Å². The third kappa shape index (κ3) is 6.88. The molecule has 19 heavy (non-hydrogen) atoms. The Kier molecular flexibility index (Phi) is 5.92. The van der Waals surface area contributed by atoms with Gasteiger partial charge in [-0.05, 0) is 12.0 Å². The van der Waals surface area contributed by atoms with Crippen molar-refractivity contribution in [2.24, 2.45) is 0 Å². The molecule has 0 aliphatic heterocycles. The fourth-order valence-electron chi connectivity index (χ4n) is 1.50. The van der Waals surface area contributed by atoms with E-state index in [9.17, 15) is 9.36 Å². The first-order chi connectivity index (χ1) is 8.88. The molecule has 0 heterocycles. The van der Waals surface area contributed by atoms with Gasteiger partial charge in [0.2, 0.25) is 0 Å². The van der Waals surface area contributed by atoms with Gasteiger partial charge in [-0.1, -0.05) is 36.4 Å². The van der Waals surface area contributed by atoms with Crippen molar-refractivity contribution in [3.8, 4) is 0 Å². The van der Waals surface area contributed by atoms with E-state index in [-0.39, 0.29) is 6.54 Å². The summed E-state index contributed by atoms with van der Waals surface area (Å²) in [5.74, 6) is -0.255. The van der Waals surface area contributed by atoms with E-state index >= 15 is 0 Å². The maximum Gasteiger partial charge on any atom is 0.348 e. The van der Waals surface area contributed by atoms with Crippen molar-refractivity contribution >= 4 is 13.6 Å². The number of hydrogen-bond acceptors (Lipinski definition) is 3. The Balaban J connectivity index is 2.53. The van der Waals surface area contributed by atoms with Crippen molar-refractivity contribution in [3.05, 3.63) is 47.8 Å². The summed E-state index contributed by atoms with van der Waals surface area (Å²) in [6.07, 6.45) is 1.53. The Hall–Kier alpha value is -1.46. The lowest BCUT2D eigenvalue weighted by Gasteiger charge is -2.13. The van der Waals surface area contributed by atoms with Crippen LogP contribution < -0.4 is 5.32 Å². The highest BCUT2D eigenvalue weighted by molar-refractivity contribution is 7.55. The van der Waals surface area contributed by atoms with Gasteiger partial charge in [0.15, 0.2) is 0 Å². The second-order valence-electron chi connectivity index (χ2n) is 3.96. The third-order valence-electron chi connectivity index (χ3n) is 2.36. The number of aliphatic carboxylic acids is 1. The molecule has 1 atom stereocenters. The molecule has 0 saturated carbocycles. The molecule has 1 aromatic carbocycles. The van der Waals surface area contributed by atoms with Crippen molar-refractivity contribution in [1.82, 2.24) is 5.32 Å². The maximum absolute atomic E-state index is 11.1. The summed E-state index contributed by atoms with van der Waals surface area (Å²) in [7, 11) is -4.18. The van der Waals surface area contributed by atoms with E-state index in [0.29, 0.717) is 6.42 Å². The lowest BCUT2D eigenvalue weighted by molar-refractivity contribution is -0.139. The highest BCUT2D eigenvalue weighted by atomic mass is 31.2. The van der Waals surface area contributed by atoms with Crippen molar-refractivity contribution in [3.63, 3.8) is 0 Å². The molecule has 0 fully saturated rings. The molecule has 1 aromatic rings. The Labute approximate surface area is 110 Å². The molecular weight excluding hydrogens is 269 g/mol. The number of rotatable bonds is 7. The zero-order chi connectivity index (χ0) is 14.3. The zero-order valence-corrected chi connectivity index (χ0v) is 11.0. The highest BCUT2D eigenvalue weighted by Gasteiger charge is 2.16. The van der Waals surface area contributed by atoms with Crippen LogP contribution in [0.25, 0.3) is 0 Å². The molecule has 0 amide bonds. The van der Waals surface area contributed by atoms with Gasteiger partial charge in [-0.25, -0.2) is 0 Å². The zero-order valence-electron chi connectivity index (χ0n) is 10.1. The Morgan fingerprint density at radius 2 is 1.95 bits per heavy atom. The van der Waals surface area contributed by atoms with Gasteiger partial charge in [-0.2, -0.15) is 0 Å². The monoisotopic (exact) mass is 285 g/mol. The second kappa shape index (κ2) is 7.21. The normalized spacial score (nSPS) is 13.6. The molecule has 0 aliphatic rings. The first-order valence-electron chi connectivity index (χ1n) is 5.61. The predicted octanol–water partition coefficient (Wildman–Crippen LogP) is 0.963. The maximum atomic E-state index is 11.1. The van der Waals surface area contributed by atoms with Crippen LogP contribution in [0.2, 0.25) is 0 Å². The average molecular weight is 285 g/mol. The fourth-order valence-corrected chi connectivity index (χ4v) is 1.88. The van der Waals surface area contributed by atoms with Gasteiger partial charge >= 0.3 is 13.6 Å². The summed E-state index contributed by atoms with van der Waals surface area (Å²) in [6, 6.07) is 8.33. The minimum Gasteiger partial charge on any atom is -0.480 e. The van der Waals surface area contributed by atoms with E-state index in [1.165, 1.54) is 6.08 Å². The summed E-state index contributed by atoms with van der Waals surface area (Å²) in [5.41, 5.74) is 0.876. The van der Waals surface area contributed by atoms with Gasteiger partial charge in [0.1, 0.15) is 6.04 Å². The van der Waals surface area contributed by atoms with Crippen LogP contribution >= 0.6 is 7.60 Å². The van der Waals surface area contributed by atoms with E-state index in [1.54, 1.807) is 0 Å². The van der Waals surface area contributed by atoms with Gasteiger partial charge < -0.3 is 20.2 Å². The highest BCUT2D eigenvalue weighted by Crippen LogP contribution is 2.35. The molecule has 1 rings (SSSR count). The quantitative estimate of drug-likeness (QED) is 0.556. The van der Waals surface area contributed by atoms with Crippen LogP contribution in [0.4, 0.5) is 0 Å². The molecular formula is C12H16NO5P. The van der Waals surface area contributed by atoms with Crippen molar-refractivity contribution in [1.29, 1.82) is 0 Å². The molecule has 7 heteroatoms. The van der Waals surface area contributed by atoms with Crippen LogP contribution in [0.3, 0.4) is 0 Å². The molecule has 0 aliphatic carbocycles. The molecule has 0 aromatic heterocycles. The SMILES string of the molecule is O=C(O)[C@H](Cc1ccccc1)NCC=CP(=O)(O)O. The third-order valence-corrected chi connectivity index (χ3v) is 2.96. The minimum absolute atomic E-state index is 0.0783. The number of nitrogens with one attached hydrogen (secondary N) is 1. The van der Waals surface area contributed by atoms with Crippen LogP contribution in [-0.4, -0.2) is 33.4 Å². The largest absolute Gasteiger partial charge is 0.480 e. The number of carboxylic acid groups (broad SMARTS) is 1. The molecule has 0 radical (unpaired) electrons. The molecule has 0 saturated heterocycles. The summed E-state index contributed by atoms with van der Waals surface area (Å²) >= 11 is 0. The number of hydrogen-bond donors (Lipinski definition) is 4. The lowest BCUT2D eigenvalue weighted by atomic mass is 10.1. The minimum atomic E-state index is -4.18. The molecule has 104 valence electrons. The molecule has 0 bridgehead atoms. The van der Waals surface area contributed by atoms with E-state index in [1.807, 2.05) is 30.3 Å². The first kappa shape index (κ1) is 15.6. The summed E-state index contributed by atoms with van der Waals surface area (Å²) in [5, 5.41) is 11.8. The summed E-state index contributed by atoms with van der Waals surface area (Å²) in [4.78, 5) is 28.3. The standard InChI is InChI=1S/C12H16NO5P/c14-12(15)11(9-10-5-2-1-3-6-10)13-7-4-8-19(16,17)18/h1-6,8,11,13H,7,9H2,(H,14,15)(H2,16,17,18)/t11-/m0/s1. The van der Waals surface area contributed by atoms with Crippen LogP contribution in [0, 0.1) is 0 Å². The molecule has 0 unspecified atom stereocenters. The van der Waals surface area contributed by atoms with Gasteiger partial charge in [-0.15, -0.1) is 0 Å². The average Bonchev–Trinajstić information content (AvgIpc) is 2.33. The Morgan fingerprint density at radius 1 is 1.32 bits per heavy atom. The number of benzene rings is 1.